The third kappa shape index (κ3) is 5.06. The van der Waals surface area contributed by atoms with E-state index in [1.165, 1.54) is 0 Å². The molecule has 1 aromatic heterocycles. The molecule has 2 aromatic carbocycles. The van der Waals surface area contributed by atoms with Gasteiger partial charge in [0.1, 0.15) is 5.69 Å². The van der Waals surface area contributed by atoms with Crippen LogP contribution in [0.5, 0.6) is 11.5 Å². The van der Waals surface area contributed by atoms with Gasteiger partial charge in [-0.2, -0.15) is 0 Å². The molecule has 6 nitrogen and oxygen atoms in total. The average Bonchev–Trinajstić information content (AvgIpc) is 3.14. The van der Waals surface area contributed by atoms with Crippen LogP contribution >= 0.6 is 12.2 Å². The standard InChI is InChI=1S/C22H25N3O3S/c1-3-4-12-28-19-11-10-16(13-20(19)27-2)14-23-21(26)18-15-24-22(29)25(18)17-8-6-5-7-9-17/h5-11,13,15H,3-4,12,14H2,1-2H3,(H,23,26)(H,24,29). The molecule has 0 aliphatic heterocycles. The Morgan fingerprint density at radius 3 is 2.69 bits per heavy atom. The summed E-state index contributed by atoms with van der Waals surface area (Å²) in [6.07, 6.45) is 3.68. The van der Waals surface area contributed by atoms with E-state index in [2.05, 4.69) is 17.2 Å². The van der Waals surface area contributed by atoms with Crippen molar-refractivity contribution in [3.8, 4) is 17.2 Å². The van der Waals surface area contributed by atoms with Crippen molar-refractivity contribution in [2.24, 2.45) is 0 Å². The molecule has 1 heterocycles. The molecule has 7 heteroatoms. The van der Waals surface area contributed by atoms with Gasteiger partial charge in [0, 0.05) is 18.4 Å². The highest BCUT2D eigenvalue weighted by Gasteiger charge is 2.14. The molecule has 0 spiro atoms. The zero-order valence-corrected chi connectivity index (χ0v) is 17.4. The van der Waals surface area contributed by atoms with Gasteiger partial charge in [-0.15, -0.1) is 0 Å². The second kappa shape index (κ2) is 9.93. The smallest absolute Gasteiger partial charge is 0.270 e. The van der Waals surface area contributed by atoms with Gasteiger partial charge >= 0.3 is 0 Å². The third-order valence-corrected chi connectivity index (χ3v) is 4.76. The Morgan fingerprint density at radius 2 is 1.97 bits per heavy atom. The minimum absolute atomic E-state index is 0.219. The van der Waals surface area contributed by atoms with Crippen LogP contribution in [0.3, 0.4) is 0 Å². The topological polar surface area (TPSA) is 68.3 Å². The summed E-state index contributed by atoms with van der Waals surface area (Å²) in [5, 5.41) is 2.94. The number of imidazole rings is 1. The average molecular weight is 412 g/mol. The highest BCUT2D eigenvalue weighted by atomic mass is 32.1. The number of carbonyl (C=O) groups is 1. The lowest BCUT2D eigenvalue weighted by molar-refractivity contribution is 0.0944. The molecule has 0 unspecified atom stereocenters. The van der Waals surface area contributed by atoms with E-state index >= 15 is 0 Å². The zero-order chi connectivity index (χ0) is 20.6. The van der Waals surface area contributed by atoms with Crippen LogP contribution in [0.4, 0.5) is 0 Å². The van der Waals surface area contributed by atoms with Crippen LogP contribution in [0, 0.1) is 4.77 Å². The van der Waals surface area contributed by atoms with Crippen molar-refractivity contribution in [2.75, 3.05) is 13.7 Å². The molecule has 0 saturated carbocycles. The Morgan fingerprint density at radius 1 is 1.17 bits per heavy atom. The van der Waals surface area contributed by atoms with Crippen molar-refractivity contribution < 1.29 is 14.3 Å². The van der Waals surface area contributed by atoms with Crippen LogP contribution in [0.1, 0.15) is 35.8 Å². The van der Waals surface area contributed by atoms with E-state index < -0.39 is 0 Å². The summed E-state index contributed by atoms with van der Waals surface area (Å²) in [7, 11) is 1.61. The second-order valence-electron chi connectivity index (χ2n) is 6.52. The summed E-state index contributed by atoms with van der Waals surface area (Å²) in [6.45, 7) is 3.13. The maximum Gasteiger partial charge on any atom is 0.270 e. The molecule has 0 fully saturated rings. The van der Waals surface area contributed by atoms with Crippen LogP contribution in [-0.4, -0.2) is 29.2 Å². The molecule has 0 atom stereocenters. The molecule has 0 aliphatic rings. The number of unbranched alkanes of at least 4 members (excludes halogenated alkanes) is 1. The van der Waals surface area contributed by atoms with Crippen LogP contribution < -0.4 is 14.8 Å². The van der Waals surface area contributed by atoms with E-state index in [1.54, 1.807) is 17.9 Å². The lowest BCUT2D eigenvalue weighted by Crippen LogP contribution is -2.25. The molecular weight excluding hydrogens is 386 g/mol. The first-order valence-electron chi connectivity index (χ1n) is 9.57. The monoisotopic (exact) mass is 411 g/mol. The van der Waals surface area contributed by atoms with Crippen molar-refractivity contribution in [1.82, 2.24) is 14.9 Å². The number of nitrogens with one attached hydrogen (secondary N) is 2. The molecule has 0 saturated heterocycles. The van der Waals surface area contributed by atoms with Gasteiger partial charge in [0.15, 0.2) is 16.3 Å². The van der Waals surface area contributed by atoms with Gasteiger partial charge in [-0.1, -0.05) is 37.6 Å². The predicted octanol–water partition coefficient (Wildman–Crippen LogP) is 4.65. The lowest BCUT2D eigenvalue weighted by Gasteiger charge is -2.13. The summed E-state index contributed by atoms with van der Waals surface area (Å²) in [6, 6.07) is 15.2. The first kappa shape index (κ1) is 20.7. The molecular formula is C22H25N3O3S. The van der Waals surface area contributed by atoms with E-state index in [1.807, 2.05) is 48.5 Å². The summed E-state index contributed by atoms with van der Waals surface area (Å²) in [4.78, 5) is 15.7. The first-order chi connectivity index (χ1) is 14.1. The molecule has 0 aliphatic carbocycles. The van der Waals surface area contributed by atoms with E-state index in [-0.39, 0.29) is 5.91 Å². The third-order valence-electron chi connectivity index (χ3n) is 4.46. The van der Waals surface area contributed by atoms with Crippen molar-refractivity contribution >= 4 is 18.1 Å². The Bertz CT molecular complexity index is 1010. The Labute approximate surface area is 175 Å². The minimum Gasteiger partial charge on any atom is -0.493 e. The largest absolute Gasteiger partial charge is 0.493 e. The van der Waals surface area contributed by atoms with Crippen molar-refractivity contribution in [1.29, 1.82) is 0 Å². The Kier molecular flexibility index (Phi) is 7.08. The molecule has 1 amide bonds. The normalized spacial score (nSPS) is 10.6. The number of rotatable bonds is 9. The fourth-order valence-corrected chi connectivity index (χ4v) is 3.17. The minimum atomic E-state index is -0.219. The lowest BCUT2D eigenvalue weighted by atomic mass is 10.2. The molecule has 2 N–H and O–H groups in total. The molecule has 0 radical (unpaired) electrons. The van der Waals surface area contributed by atoms with Gasteiger partial charge < -0.3 is 19.8 Å². The van der Waals surface area contributed by atoms with Crippen LogP contribution in [0.25, 0.3) is 5.69 Å². The number of methoxy groups -OCH3 is 1. The van der Waals surface area contributed by atoms with Crippen molar-refractivity contribution in [3.05, 3.63) is 70.8 Å². The number of para-hydroxylation sites is 1. The van der Waals surface area contributed by atoms with Gasteiger partial charge in [0.25, 0.3) is 5.91 Å². The maximum absolute atomic E-state index is 12.8. The van der Waals surface area contributed by atoms with E-state index in [0.29, 0.717) is 35.1 Å². The number of amides is 1. The van der Waals surface area contributed by atoms with Crippen LogP contribution in [-0.2, 0) is 6.54 Å². The second-order valence-corrected chi connectivity index (χ2v) is 6.91. The highest BCUT2D eigenvalue weighted by Crippen LogP contribution is 2.28. The van der Waals surface area contributed by atoms with E-state index in [4.69, 9.17) is 21.7 Å². The first-order valence-corrected chi connectivity index (χ1v) is 9.98. The van der Waals surface area contributed by atoms with Crippen LogP contribution in [0.15, 0.2) is 54.7 Å². The number of H-pyrrole nitrogens is 1. The van der Waals surface area contributed by atoms with E-state index in [0.717, 1.165) is 24.1 Å². The van der Waals surface area contributed by atoms with E-state index in [9.17, 15) is 4.79 Å². The van der Waals surface area contributed by atoms with Gasteiger partial charge in [-0.3, -0.25) is 9.36 Å². The molecule has 3 aromatic rings. The number of hydrogen-bond acceptors (Lipinski definition) is 4. The molecule has 29 heavy (non-hydrogen) atoms. The molecule has 0 bridgehead atoms. The number of benzene rings is 2. The van der Waals surface area contributed by atoms with Gasteiger partial charge in [-0.05, 0) is 48.5 Å². The number of aromatic nitrogens is 2. The Balaban J connectivity index is 1.71. The van der Waals surface area contributed by atoms with Gasteiger partial charge in [0.2, 0.25) is 0 Å². The number of nitrogens with zero attached hydrogens (tertiary/aromatic N) is 1. The van der Waals surface area contributed by atoms with Gasteiger partial charge in [-0.25, -0.2) is 0 Å². The number of hydrogen-bond donors (Lipinski definition) is 2. The number of aromatic amines is 1. The summed E-state index contributed by atoms with van der Waals surface area (Å²) in [5.41, 5.74) is 2.20. The SMILES string of the molecule is CCCCOc1ccc(CNC(=O)c2c[nH]c(=S)n2-c2ccccc2)cc1OC. The fraction of sp³-hybridized carbons (Fsp3) is 0.273. The summed E-state index contributed by atoms with van der Waals surface area (Å²) in [5.74, 6) is 1.14. The molecule has 152 valence electrons. The van der Waals surface area contributed by atoms with Crippen molar-refractivity contribution in [2.45, 2.75) is 26.3 Å². The number of ether oxygens (including phenoxy) is 2. The maximum atomic E-state index is 12.8. The fourth-order valence-electron chi connectivity index (χ4n) is 2.91. The van der Waals surface area contributed by atoms with Crippen molar-refractivity contribution in [3.63, 3.8) is 0 Å². The quantitative estimate of drug-likeness (QED) is 0.397. The predicted molar refractivity (Wildman–Crippen MR) is 116 cm³/mol. The summed E-state index contributed by atoms with van der Waals surface area (Å²) >= 11 is 5.34. The van der Waals surface area contributed by atoms with Crippen LogP contribution in [0.2, 0.25) is 0 Å². The zero-order valence-electron chi connectivity index (χ0n) is 16.6. The number of carbonyl (C=O) groups excluding carboxylic acids is 1. The highest BCUT2D eigenvalue weighted by molar-refractivity contribution is 7.71. The molecule has 3 rings (SSSR count). The Hall–Kier alpha value is -3.06. The van der Waals surface area contributed by atoms with Gasteiger partial charge in [0.05, 0.1) is 13.7 Å². The summed E-state index contributed by atoms with van der Waals surface area (Å²) < 4.78 is 13.4.